The molecular formula is C62H65ClF4N8O9S3. The summed E-state index contributed by atoms with van der Waals surface area (Å²) in [5.74, 6) is -4.80. The number of allylic oxidation sites excluding steroid dienone is 1. The van der Waals surface area contributed by atoms with Gasteiger partial charge in [0, 0.05) is 116 Å². The molecule has 17 nitrogen and oxygen atoms in total. The van der Waals surface area contributed by atoms with Gasteiger partial charge < -0.3 is 10.2 Å². The van der Waals surface area contributed by atoms with Crippen molar-refractivity contribution in [3.05, 3.63) is 153 Å². The Labute approximate surface area is 511 Å². The summed E-state index contributed by atoms with van der Waals surface area (Å²) in [6, 6.07) is 26.6. The maximum atomic E-state index is 16.2. The van der Waals surface area contributed by atoms with Crippen molar-refractivity contribution in [1.29, 1.82) is 0 Å². The molecule has 4 saturated heterocycles. The first-order valence-corrected chi connectivity index (χ1v) is 33.2. The molecule has 5 heterocycles. The number of nitrogens with zero attached hydrogens (tertiary/aromatic N) is 5. The molecule has 4 atom stereocenters. The maximum absolute atomic E-state index is 16.2. The van der Waals surface area contributed by atoms with E-state index in [-0.39, 0.29) is 59.3 Å². The molecule has 2 unspecified atom stereocenters. The van der Waals surface area contributed by atoms with Crippen molar-refractivity contribution in [3.8, 4) is 0 Å². The van der Waals surface area contributed by atoms with Crippen molar-refractivity contribution >= 4 is 89.7 Å². The Bertz CT molecular complexity index is 3790. The van der Waals surface area contributed by atoms with Gasteiger partial charge in [-0.3, -0.25) is 48.9 Å². The highest BCUT2D eigenvalue weighted by Gasteiger charge is 2.50. The van der Waals surface area contributed by atoms with Crippen LogP contribution in [-0.4, -0.2) is 154 Å². The van der Waals surface area contributed by atoms with Crippen LogP contribution in [0.5, 0.6) is 0 Å². The summed E-state index contributed by atoms with van der Waals surface area (Å²) in [4.78, 5) is 72.9. The van der Waals surface area contributed by atoms with Gasteiger partial charge in [0.1, 0.15) is 16.8 Å². The van der Waals surface area contributed by atoms with E-state index < -0.39 is 93.8 Å². The molecule has 5 aromatic carbocycles. The van der Waals surface area contributed by atoms with Gasteiger partial charge >= 0.3 is 5.51 Å². The Kier molecular flexibility index (Phi) is 17.6. The monoisotopic (exact) mass is 1270 g/mol. The lowest BCUT2D eigenvalue weighted by Crippen LogP contribution is -2.54. The Morgan fingerprint density at radius 1 is 0.828 bits per heavy atom. The molecule has 5 aromatic rings. The molecule has 460 valence electrons. The van der Waals surface area contributed by atoms with Crippen LogP contribution in [0.25, 0.3) is 5.57 Å². The average molecular weight is 1270 g/mol. The number of likely N-dealkylation sites (tertiary alicyclic amines) is 2. The molecule has 6 aliphatic rings. The van der Waals surface area contributed by atoms with E-state index in [1.807, 2.05) is 47.2 Å². The first kappa shape index (κ1) is 62.0. The first-order chi connectivity index (χ1) is 41.3. The number of hydrogen-bond acceptors (Lipinski definition) is 15. The van der Waals surface area contributed by atoms with E-state index in [1.54, 1.807) is 12.1 Å². The number of alkyl halides is 3. The fraction of sp³-hybridized carbons (Fsp3) is 0.403. The Morgan fingerprint density at radius 2 is 1.53 bits per heavy atom. The van der Waals surface area contributed by atoms with Crippen LogP contribution in [0, 0.1) is 11.2 Å². The number of piperidine rings is 1. The molecule has 1 aliphatic carbocycles. The van der Waals surface area contributed by atoms with E-state index in [1.165, 1.54) is 52.7 Å². The third-order valence-electron chi connectivity index (χ3n) is 17.5. The normalized spacial score (nSPS) is 21.6. The number of carbonyl (C=O) groups excluding carboxylic acids is 5. The van der Waals surface area contributed by atoms with Crippen LogP contribution in [-0.2, 0) is 36.0 Å². The van der Waals surface area contributed by atoms with Gasteiger partial charge in [-0.05, 0) is 128 Å². The number of rotatable bonds is 19. The lowest BCUT2D eigenvalue weighted by molar-refractivity contribution is -0.136. The Balaban J connectivity index is 0.734. The number of imide groups is 2. The van der Waals surface area contributed by atoms with Crippen molar-refractivity contribution in [3.63, 3.8) is 0 Å². The molecule has 3 N–H and O–H groups in total. The average Bonchev–Trinajstić information content (AvgIpc) is 2.25. The van der Waals surface area contributed by atoms with Crippen LogP contribution in [0.4, 0.5) is 28.9 Å². The zero-order valence-electron chi connectivity index (χ0n) is 47.7. The van der Waals surface area contributed by atoms with Gasteiger partial charge in [0.25, 0.3) is 37.6 Å². The second-order valence-corrected chi connectivity index (χ2v) is 29.0. The lowest BCUT2D eigenvalue weighted by Gasteiger charge is -2.39. The van der Waals surface area contributed by atoms with Crippen LogP contribution in [0.3, 0.4) is 0 Å². The van der Waals surface area contributed by atoms with E-state index in [4.69, 9.17) is 11.6 Å². The smallest absolute Gasteiger partial charge is 0.380 e. The van der Waals surface area contributed by atoms with Crippen LogP contribution in [0.1, 0.15) is 101 Å². The lowest BCUT2D eigenvalue weighted by atomic mass is 9.73. The summed E-state index contributed by atoms with van der Waals surface area (Å²) < 4.78 is 116. The Morgan fingerprint density at radius 3 is 2.21 bits per heavy atom. The first-order valence-electron chi connectivity index (χ1n) is 28.8. The predicted octanol–water partition coefficient (Wildman–Crippen LogP) is 9.00. The number of amides is 5. The number of sulfone groups is 1. The zero-order chi connectivity index (χ0) is 61.7. The second kappa shape index (κ2) is 24.7. The minimum atomic E-state index is -6.19. The predicted molar refractivity (Wildman–Crippen MR) is 322 cm³/mol. The molecule has 5 aliphatic heterocycles. The van der Waals surface area contributed by atoms with Crippen molar-refractivity contribution in [2.75, 3.05) is 68.3 Å². The van der Waals surface area contributed by atoms with Gasteiger partial charge in [-0.15, -0.1) is 11.8 Å². The van der Waals surface area contributed by atoms with Crippen LogP contribution < -0.4 is 20.3 Å². The number of nitrogens with one attached hydrogen (secondary N) is 3. The zero-order valence-corrected chi connectivity index (χ0v) is 51.0. The number of fused-ring (bicyclic) bond motifs is 3. The van der Waals surface area contributed by atoms with Gasteiger partial charge in [-0.2, -0.15) is 13.2 Å². The van der Waals surface area contributed by atoms with E-state index in [0.717, 1.165) is 61.6 Å². The number of thioether (sulfide) groups is 1. The van der Waals surface area contributed by atoms with Gasteiger partial charge in [0.05, 0.1) is 21.7 Å². The summed E-state index contributed by atoms with van der Waals surface area (Å²) in [5.41, 5.74) is -1.80. The van der Waals surface area contributed by atoms with E-state index in [2.05, 4.69) is 56.2 Å². The summed E-state index contributed by atoms with van der Waals surface area (Å²) >= 11 is 7.59. The molecule has 0 spiro atoms. The number of carbonyl (C=O) groups is 5. The quantitative estimate of drug-likeness (QED) is 0.0401. The van der Waals surface area contributed by atoms with Crippen LogP contribution in [0.15, 0.2) is 129 Å². The van der Waals surface area contributed by atoms with Crippen molar-refractivity contribution < 1.29 is 58.4 Å². The maximum Gasteiger partial charge on any atom is 0.501 e. The largest absolute Gasteiger partial charge is 0.501 e. The molecule has 87 heavy (non-hydrogen) atoms. The summed E-state index contributed by atoms with van der Waals surface area (Å²) in [6.45, 7) is 9.94. The van der Waals surface area contributed by atoms with E-state index >= 15 is 4.39 Å². The summed E-state index contributed by atoms with van der Waals surface area (Å²) in [6.07, 6.45) is 3.91. The van der Waals surface area contributed by atoms with Gasteiger partial charge in [0.2, 0.25) is 11.8 Å². The fourth-order valence-corrected chi connectivity index (χ4v) is 16.0. The highest BCUT2D eigenvalue weighted by Crippen LogP contribution is 2.44. The van der Waals surface area contributed by atoms with Gasteiger partial charge in [-0.25, -0.2) is 25.9 Å². The third kappa shape index (κ3) is 13.2. The number of sulfonamides is 1. The summed E-state index contributed by atoms with van der Waals surface area (Å²) in [7, 11) is -11.1. The molecule has 0 radical (unpaired) electrons. The molecule has 0 saturated carbocycles. The summed E-state index contributed by atoms with van der Waals surface area (Å²) in [5, 5.41) is 5.83. The molecule has 4 fully saturated rings. The molecule has 5 amide bonds. The van der Waals surface area contributed by atoms with Crippen LogP contribution >= 0.6 is 23.4 Å². The molecule has 11 rings (SSSR count). The highest BCUT2D eigenvalue weighted by atomic mass is 35.5. The number of piperazine rings is 2. The molecule has 0 aromatic heterocycles. The number of anilines is 2. The van der Waals surface area contributed by atoms with Crippen molar-refractivity contribution in [1.82, 2.24) is 29.6 Å². The topological polar surface area (TPSA) is 206 Å². The van der Waals surface area contributed by atoms with Gasteiger partial charge in [-0.1, -0.05) is 67.4 Å². The fourth-order valence-electron chi connectivity index (χ4n) is 12.9. The molecular weight excluding hydrogens is 1210 g/mol. The van der Waals surface area contributed by atoms with Crippen molar-refractivity contribution in [2.24, 2.45) is 5.41 Å². The standard InChI is InChI=1S/C62H65ClF4N8O9S3/c1-61(2)24-22-49(38-8-13-42(63)14-9-38)41(32-61)33-71-26-28-72(29-27-71)44-15-10-39(11-16-44)57(77)70-87(83,84)48-17-19-51(53(31-48)86(81,82)62(65,66)67)68-43(37-85-47-6-4-3-5-7-47)23-25-73-35-46-30-45(73)36-74(46)34-40-12-18-50-55(56(40)64)60(80)75(59(50)79)52-20-21-54(76)69-58(52)78/h3-19,31,43,45-46,52,68H,20-30,32-37H2,1-2H3,(H,70,77)(H,69,76,78)/t43?,45-,46-,52?/m1/s1. The highest BCUT2D eigenvalue weighted by molar-refractivity contribution is 7.99. The van der Waals surface area contributed by atoms with E-state index in [0.29, 0.717) is 61.6 Å². The SMILES string of the molecule is CC1(C)CCC(c2ccc(Cl)cc2)=C(CN2CCN(c3ccc(C(=O)NS(=O)(=O)c4ccc(NC(CCN5C[C@H]6C[C@@H]5CN6Cc5ccc6c(c5F)C(=O)N(C5CCC(=O)NC5=O)C6=O)CSc5ccccc5)c(S(=O)(=O)C(F)(F)F)c4)cc3)CC2)C1. The number of hydrogen-bond donors (Lipinski definition) is 3. The third-order valence-corrected chi connectivity index (χ3v) is 21.8. The second-order valence-electron chi connectivity index (χ2n) is 23.9. The number of benzene rings is 5. The van der Waals surface area contributed by atoms with E-state index in [9.17, 15) is 54.0 Å². The molecule has 2 bridgehead atoms. The number of halogens is 5. The van der Waals surface area contributed by atoms with Gasteiger partial charge in [0.15, 0.2) is 0 Å². The minimum Gasteiger partial charge on any atom is -0.380 e. The van der Waals surface area contributed by atoms with Crippen molar-refractivity contribution in [2.45, 2.75) is 110 Å². The van der Waals surface area contributed by atoms with Crippen LogP contribution in [0.2, 0.25) is 5.02 Å². The molecule has 25 heteroatoms. The Hall–Kier alpha value is -6.67. The minimum absolute atomic E-state index is 0.0276.